The predicted octanol–water partition coefficient (Wildman–Crippen LogP) is 6.77. The van der Waals surface area contributed by atoms with Gasteiger partial charge in [0.15, 0.2) is 8.32 Å². The summed E-state index contributed by atoms with van der Waals surface area (Å²) in [5.41, 5.74) is 0. The summed E-state index contributed by atoms with van der Waals surface area (Å²) >= 11 is 0. The number of carboxylic acid groups (broad SMARTS) is 1. The number of carbonyl (C=O) groups is 1. The molecule has 34 heavy (non-hydrogen) atoms. The van der Waals surface area contributed by atoms with Gasteiger partial charge in [-0.25, -0.2) is 8.78 Å². The first-order valence-corrected chi connectivity index (χ1v) is 16.2. The number of halogens is 2. The number of carboxylic acids is 1. The standard InChI is InChI=1S/C26H50F2O5Si/c1-7-17-26(27,28)23(33-34(5,6)25(2,3)4)15-12-14-20-19(21(29)18-22(20)30)13-10-8-9-11-16-24(31)32/h19-23,29-30H,7-18H2,1-6H3,(H,31,32)/t19-,20-,21+,22-,23-/m1/s1. The van der Waals surface area contributed by atoms with Gasteiger partial charge < -0.3 is 19.7 Å². The fourth-order valence-corrected chi connectivity index (χ4v) is 6.27. The molecule has 1 saturated carbocycles. The number of hydrogen-bond acceptors (Lipinski definition) is 4. The topological polar surface area (TPSA) is 87.0 Å². The van der Waals surface area contributed by atoms with E-state index in [0.29, 0.717) is 32.1 Å². The monoisotopic (exact) mass is 508 g/mol. The maximum Gasteiger partial charge on any atom is 0.303 e. The molecule has 0 aromatic rings. The Morgan fingerprint density at radius 2 is 1.53 bits per heavy atom. The van der Waals surface area contributed by atoms with Gasteiger partial charge in [-0.3, -0.25) is 4.79 Å². The Bertz CT molecular complexity index is 608. The molecule has 1 rings (SSSR count). The smallest absolute Gasteiger partial charge is 0.303 e. The van der Waals surface area contributed by atoms with Crippen molar-refractivity contribution >= 4 is 14.3 Å². The van der Waals surface area contributed by atoms with Crippen molar-refractivity contribution in [3.8, 4) is 0 Å². The molecule has 3 N–H and O–H groups in total. The zero-order valence-corrected chi connectivity index (χ0v) is 23.3. The Kier molecular flexibility index (Phi) is 12.6. The quantitative estimate of drug-likeness (QED) is 0.158. The Morgan fingerprint density at radius 1 is 1.00 bits per heavy atom. The lowest BCUT2D eigenvalue weighted by Crippen LogP contribution is -2.49. The fraction of sp³-hybridized carbons (Fsp3) is 0.962. The molecule has 0 spiro atoms. The summed E-state index contributed by atoms with van der Waals surface area (Å²) < 4.78 is 36.2. The highest BCUT2D eigenvalue weighted by atomic mass is 28.4. The second-order valence-electron chi connectivity index (χ2n) is 11.9. The minimum absolute atomic E-state index is 0.0367. The molecule has 0 bridgehead atoms. The van der Waals surface area contributed by atoms with Crippen LogP contribution in [0.3, 0.4) is 0 Å². The van der Waals surface area contributed by atoms with Crippen LogP contribution in [0.1, 0.15) is 105 Å². The van der Waals surface area contributed by atoms with Crippen molar-refractivity contribution < 1.29 is 33.3 Å². The highest BCUT2D eigenvalue weighted by Gasteiger charge is 2.47. The second-order valence-corrected chi connectivity index (χ2v) is 16.6. The Hall–Kier alpha value is -0.573. The van der Waals surface area contributed by atoms with Crippen molar-refractivity contribution in [3.05, 3.63) is 0 Å². The van der Waals surface area contributed by atoms with E-state index in [4.69, 9.17) is 9.53 Å². The molecular formula is C26H50F2O5Si. The van der Waals surface area contributed by atoms with E-state index < -0.39 is 38.5 Å². The van der Waals surface area contributed by atoms with Crippen molar-refractivity contribution in [1.29, 1.82) is 0 Å². The third-order valence-electron chi connectivity index (χ3n) is 8.00. The molecule has 0 amide bonds. The molecule has 5 atom stereocenters. The van der Waals surface area contributed by atoms with E-state index in [-0.39, 0.29) is 36.1 Å². The average Bonchev–Trinajstić information content (AvgIpc) is 2.95. The van der Waals surface area contributed by atoms with Gasteiger partial charge in [0.25, 0.3) is 5.92 Å². The number of aliphatic hydroxyl groups is 2. The van der Waals surface area contributed by atoms with Crippen molar-refractivity contribution in [2.75, 3.05) is 0 Å². The molecule has 0 saturated heterocycles. The lowest BCUT2D eigenvalue weighted by atomic mass is 9.84. The third-order valence-corrected chi connectivity index (χ3v) is 12.5. The van der Waals surface area contributed by atoms with E-state index in [9.17, 15) is 15.0 Å². The van der Waals surface area contributed by atoms with Crippen molar-refractivity contribution in [1.82, 2.24) is 0 Å². The zero-order valence-electron chi connectivity index (χ0n) is 22.3. The van der Waals surface area contributed by atoms with Gasteiger partial charge >= 0.3 is 5.97 Å². The number of rotatable bonds is 16. The summed E-state index contributed by atoms with van der Waals surface area (Å²) in [6.07, 6.45) is 3.81. The van der Waals surface area contributed by atoms with Crippen LogP contribution < -0.4 is 0 Å². The molecule has 0 unspecified atom stereocenters. The first kappa shape index (κ1) is 31.5. The van der Waals surface area contributed by atoms with Crippen LogP contribution in [0.15, 0.2) is 0 Å². The average molecular weight is 509 g/mol. The Balaban J connectivity index is 2.70. The van der Waals surface area contributed by atoms with Gasteiger partial charge in [0.2, 0.25) is 0 Å². The highest BCUT2D eigenvalue weighted by Crippen LogP contribution is 2.43. The molecule has 0 aromatic heterocycles. The molecule has 5 nitrogen and oxygen atoms in total. The third kappa shape index (κ3) is 9.82. The largest absolute Gasteiger partial charge is 0.481 e. The molecule has 0 aromatic carbocycles. The van der Waals surface area contributed by atoms with Gasteiger partial charge in [0.1, 0.15) is 6.10 Å². The van der Waals surface area contributed by atoms with Gasteiger partial charge in [0.05, 0.1) is 12.2 Å². The van der Waals surface area contributed by atoms with Crippen LogP contribution in [-0.2, 0) is 9.22 Å². The summed E-state index contributed by atoms with van der Waals surface area (Å²) in [5.74, 6) is -3.80. The van der Waals surface area contributed by atoms with Crippen LogP contribution in [0.4, 0.5) is 8.78 Å². The number of aliphatic hydroxyl groups excluding tert-OH is 2. The number of alkyl halides is 2. The first-order valence-electron chi connectivity index (χ1n) is 13.3. The van der Waals surface area contributed by atoms with Crippen LogP contribution in [-0.4, -0.2) is 53.8 Å². The predicted molar refractivity (Wildman–Crippen MR) is 135 cm³/mol. The van der Waals surface area contributed by atoms with E-state index in [1.165, 1.54) is 0 Å². The van der Waals surface area contributed by atoms with Crippen LogP contribution in [0, 0.1) is 11.8 Å². The van der Waals surface area contributed by atoms with Crippen molar-refractivity contribution in [2.45, 2.75) is 147 Å². The van der Waals surface area contributed by atoms with Crippen molar-refractivity contribution in [2.24, 2.45) is 11.8 Å². The van der Waals surface area contributed by atoms with E-state index in [2.05, 4.69) is 20.8 Å². The fourth-order valence-electron chi connectivity index (χ4n) is 4.91. The van der Waals surface area contributed by atoms with Gasteiger partial charge in [-0.05, 0) is 62.1 Å². The van der Waals surface area contributed by atoms with Crippen LogP contribution in [0.2, 0.25) is 18.1 Å². The SMILES string of the molecule is CCCC(F)(F)[C@@H](CCC[C@@H]1[C@@H](CCCCCCC(=O)O)[C@@H](O)C[C@H]1O)O[Si](C)(C)C(C)(C)C. The summed E-state index contributed by atoms with van der Waals surface area (Å²) in [4.78, 5) is 10.6. The second kappa shape index (κ2) is 13.7. The van der Waals surface area contributed by atoms with E-state index in [1.807, 2.05) is 13.1 Å². The number of hydrogen-bond donors (Lipinski definition) is 3. The Labute approximate surface area is 206 Å². The van der Waals surface area contributed by atoms with Crippen LogP contribution >= 0.6 is 0 Å². The van der Waals surface area contributed by atoms with Gasteiger partial charge in [-0.15, -0.1) is 0 Å². The molecular weight excluding hydrogens is 458 g/mol. The summed E-state index contributed by atoms with van der Waals surface area (Å²) in [6.45, 7) is 11.9. The minimum Gasteiger partial charge on any atom is -0.481 e. The number of aliphatic carboxylic acids is 1. The van der Waals surface area contributed by atoms with E-state index in [1.54, 1.807) is 6.92 Å². The maximum atomic E-state index is 15.0. The molecule has 1 aliphatic rings. The lowest BCUT2D eigenvalue weighted by Gasteiger charge is -2.41. The Morgan fingerprint density at radius 3 is 2.03 bits per heavy atom. The first-order chi connectivity index (χ1) is 15.6. The molecule has 1 fully saturated rings. The minimum atomic E-state index is -2.88. The van der Waals surface area contributed by atoms with E-state index >= 15 is 8.78 Å². The van der Waals surface area contributed by atoms with Crippen LogP contribution in [0.25, 0.3) is 0 Å². The van der Waals surface area contributed by atoms with Crippen molar-refractivity contribution in [3.63, 3.8) is 0 Å². The summed E-state index contributed by atoms with van der Waals surface area (Å²) in [6, 6.07) is 0. The highest BCUT2D eigenvalue weighted by molar-refractivity contribution is 6.74. The normalized spacial score (nSPS) is 25.0. The maximum absolute atomic E-state index is 15.0. The van der Waals surface area contributed by atoms with Gasteiger partial charge in [0, 0.05) is 12.8 Å². The summed E-state index contributed by atoms with van der Waals surface area (Å²) in [7, 11) is -2.37. The molecule has 0 radical (unpaired) electrons. The number of unbranched alkanes of at least 4 members (excludes halogenated alkanes) is 3. The zero-order chi connectivity index (χ0) is 26.2. The molecule has 0 heterocycles. The molecule has 1 aliphatic carbocycles. The lowest BCUT2D eigenvalue weighted by molar-refractivity contribution is -0.137. The van der Waals surface area contributed by atoms with Gasteiger partial charge in [-0.2, -0.15) is 0 Å². The molecule has 0 aliphatic heterocycles. The molecule has 8 heteroatoms. The van der Waals surface area contributed by atoms with E-state index in [0.717, 1.165) is 25.7 Å². The molecule has 202 valence electrons. The summed E-state index contributed by atoms with van der Waals surface area (Å²) in [5, 5.41) is 29.6. The van der Waals surface area contributed by atoms with Gasteiger partial charge in [-0.1, -0.05) is 59.8 Å². The van der Waals surface area contributed by atoms with Crippen LogP contribution in [0.5, 0.6) is 0 Å².